The molecule has 4 heterocycles. The van der Waals surface area contributed by atoms with Crippen LogP contribution in [0.1, 0.15) is 36.4 Å². The summed E-state index contributed by atoms with van der Waals surface area (Å²) in [5.74, 6) is 1.27. The van der Waals surface area contributed by atoms with Crippen molar-refractivity contribution in [2.75, 3.05) is 5.32 Å². The highest BCUT2D eigenvalue weighted by molar-refractivity contribution is 6.04. The maximum atomic E-state index is 8.87. The second kappa shape index (κ2) is 5.85. The number of nitriles is 1. The first-order chi connectivity index (χ1) is 12.8. The van der Waals surface area contributed by atoms with E-state index in [-0.39, 0.29) is 0 Å². The molecule has 4 aromatic heterocycles. The lowest BCUT2D eigenvalue weighted by Crippen LogP contribution is -2.16. The van der Waals surface area contributed by atoms with E-state index in [9.17, 15) is 0 Å². The zero-order valence-corrected chi connectivity index (χ0v) is 14.0. The molecule has 1 aliphatic carbocycles. The Morgan fingerprint density at radius 2 is 2.04 bits per heavy atom. The van der Waals surface area contributed by atoms with E-state index >= 15 is 0 Å². The van der Waals surface area contributed by atoms with Crippen LogP contribution in [-0.2, 0) is 0 Å². The number of hydrogen-bond acceptors (Lipinski definition) is 5. The lowest BCUT2D eigenvalue weighted by molar-refractivity contribution is 0.682. The molecule has 1 fully saturated rings. The number of nitrogens with one attached hydrogen (secondary N) is 3. The molecule has 4 aromatic rings. The average Bonchev–Trinajstić information content (AvgIpc) is 3.40. The van der Waals surface area contributed by atoms with E-state index in [1.807, 2.05) is 24.5 Å². The van der Waals surface area contributed by atoms with E-state index in [0.717, 1.165) is 41.6 Å². The summed E-state index contributed by atoms with van der Waals surface area (Å²) in [5, 5.41) is 21.3. The minimum Gasteiger partial charge on any atom is -0.367 e. The summed E-state index contributed by atoms with van der Waals surface area (Å²) >= 11 is 0. The van der Waals surface area contributed by atoms with Crippen LogP contribution in [0, 0.1) is 11.3 Å². The van der Waals surface area contributed by atoms with Crippen LogP contribution in [0.25, 0.3) is 21.9 Å². The van der Waals surface area contributed by atoms with Gasteiger partial charge in [0.25, 0.3) is 0 Å². The van der Waals surface area contributed by atoms with Crippen molar-refractivity contribution >= 4 is 27.8 Å². The standard InChI is InChI=1S/C19H17N7/c20-8-11-1-4-16(22-9-11)24-13-3-2-12(7-13)18-17-14-5-6-21-19(14)23-10-15(17)25-26-18/h1,4-6,9-10,12-13,25-26H,2-3,7H2,(H,22,24)/t12-,13-/m1/s1. The highest BCUT2D eigenvalue weighted by Crippen LogP contribution is 2.39. The van der Waals surface area contributed by atoms with Crippen molar-refractivity contribution in [2.24, 2.45) is 0 Å². The van der Waals surface area contributed by atoms with E-state index < -0.39 is 0 Å². The Hall–Kier alpha value is -3.40. The second-order valence-electron chi connectivity index (χ2n) is 6.79. The molecule has 0 spiro atoms. The Bertz CT molecular complexity index is 1120. The number of nitrogens with zero attached hydrogens (tertiary/aromatic N) is 4. The van der Waals surface area contributed by atoms with Crippen molar-refractivity contribution in [3.63, 3.8) is 0 Å². The highest BCUT2D eigenvalue weighted by Gasteiger charge is 2.29. The third-order valence-electron chi connectivity index (χ3n) is 5.22. The van der Waals surface area contributed by atoms with Crippen molar-refractivity contribution in [1.82, 2.24) is 25.1 Å². The minimum absolute atomic E-state index is 0.369. The van der Waals surface area contributed by atoms with Gasteiger partial charge in [-0.1, -0.05) is 0 Å². The summed E-state index contributed by atoms with van der Waals surface area (Å²) in [4.78, 5) is 13.0. The molecular weight excluding hydrogens is 326 g/mol. The zero-order chi connectivity index (χ0) is 17.5. The van der Waals surface area contributed by atoms with Gasteiger partial charge in [0.2, 0.25) is 0 Å². The lowest BCUT2D eigenvalue weighted by Gasteiger charge is -2.14. The lowest BCUT2D eigenvalue weighted by atomic mass is 9.99. The van der Waals surface area contributed by atoms with Gasteiger partial charge in [0.05, 0.1) is 17.3 Å². The molecule has 3 N–H and O–H groups in total. The minimum atomic E-state index is 0.369. The molecule has 2 atom stereocenters. The monoisotopic (exact) mass is 343 g/mol. The van der Waals surface area contributed by atoms with Gasteiger partial charge in [-0.2, -0.15) is 5.26 Å². The van der Waals surface area contributed by atoms with Crippen LogP contribution in [0.3, 0.4) is 0 Å². The predicted octanol–water partition coefficient (Wildman–Crippen LogP) is 3.45. The number of H-pyrrole nitrogens is 2. The van der Waals surface area contributed by atoms with Gasteiger partial charge >= 0.3 is 0 Å². The van der Waals surface area contributed by atoms with E-state index in [2.05, 4.69) is 36.5 Å². The first kappa shape index (κ1) is 14.9. The molecule has 7 nitrogen and oxygen atoms in total. The van der Waals surface area contributed by atoms with Crippen molar-refractivity contribution in [1.29, 1.82) is 5.26 Å². The summed E-state index contributed by atoms with van der Waals surface area (Å²) < 4.78 is 0. The molecular formula is C19H17N7. The third kappa shape index (κ3) is 2.39. The van der Waals surface area contributed by atoms with Crippen molar-refractivity contribution in [3.05, 3.63) is 48.0 Å². The molecule has 0 aromatic carbocycles. The molecule has 0 aliphatic heterocycles. The van der Waals surface area contributed by atoms with Gasteiger partial charge in [0.15, 0.2) is 5.65 Å². The number of anilines is 1. The number of rotatable bonds is 3. The average molecular weight is 343 g/mol. The molecule has 1 saturated carbocycles. The molecule has 0 radical (unpaired) electrons. The van der Waals surface area contributed by atoms with Crippen molar-refractivity contribution in [3.8, 4) is 6.07 Å². The SMILES string of the molecule is N#Cc1ccc(N[C@@H]2CC[C@@H](c3[nH][nH]c4cnc5nccc5c34)C2)nc1. The van der Waals surface area contributed by atoms with Crippen LogP contribution in [0.2, 0.25) is 0 Å². The number of pyridine rings is 2. The van der Waals surface area contributed by atoms with Crippen LogP contribution in [0.5, 0.6) is 0 Å². The van der Waals surface area contributed by atoms with E-state index in [0.29, 0.717) is 17.5 Å². The van der Waals surface area contributed by atoms with E-state index in [1.54, 1.807) is 12.3 Å². The smallest absolute Gasteiger partial charge is 0.159 e. The van der Waals surface area contributed by atoms with Gasteiger partial charge in [-0.25, -0.2) is 15.0 Å². The van der Waals surface area contributed by atoms with Crippen LogP contribution in [0.15, 0.2) is 36.8 Å². The van der Waals surface area contributed by atoms with E-state index in [4.69, 9.17) is 5.26 Å². The number of fused-ring (bicyclic) bond motifs is 3. The fourth-order valence-corrected chi connectivity index (χ4v) is 3.98. The molecule has 0 saturated heterocycles. The Labute approximate surface area is 149 Å². The summed E-state index contributed by atoms with van der Waals surface area (Å²) in [6, 6.07) is 8.16. The quantitative estimate of drug-likeness (QED) is 0.528. The predicted molar refractivity (Wildman–Crippen MR) is 98.7 cm³/mol. The summed E-state index contributed by atoms with van der Waals surface area (Å²) in [6.45, 7) is 0. The number of aromatic nitrogens is 5. The second-order valence-corrected chi connectivity index (χ2v) is 6.79. The zero-order valence-electron chi connectivity index (χ0n) is 14.0. The van der Waals surface area contributed by atoms with Gasteiger partial charge in [0.1, 0.15) is 11.9 Å². The first-order valence-corrected chi connectivity index (χ1v) is 8.74. The van der Waals surface area contributed by atoms with Crippen molar-refractivity contribution < 1.29 is 0 Å². The molecule has 128 valence electrons. The van der Waals surface area contributed by atoms with E-state index in [1.165, 1.54) is 11.1 Å². The third-order valence-corrected chi connectivity index (χ3v) is 5.22. The number of hydrogen-bond donors (Lipinski definition) is 3. The topological polar surface area (TPSA) is 106 Å². The first-order valence-electron chi connectivity index (χ1n) is 8.74. The Kier molecular flexibility index (Phi) is 3.35. The van der Waals surface area contributed by atoms with Gasteiger partial charge in [-0.3, -0.25) is 5.10 Å². The summed E-state index contributed by atoms with van der Waals surface area (Å²) in [7, 11) is 0. The fraction of sp³-hybridized carbons (Fsp3) is 0.263. The normalized spacial score (nSPS) is 19.8. The molecule has 1 aliphatic rings. The van der Waals surface area contributed by atoms with Crippen LogP contribution < -0.4 is 5.32 Å². The maximum Gasteiger partial charge on any atom is 0.159 e. The van der Waals surface area contributed by atoms with Gasteiger partial charge in [-0.05, 0) is 37.5 Å². The molecule has 26 heavy (non-hydrogen) atoms. The van der Waals surface area contributed by atoms with Gasteiger partial charge in [0, 0.05) is 40.8 Å². The molecule has 0 unspecified atom stereocenters. The van der Waals surface area contributed by atoms with Gasteiger partial charge in [-0.15, -0.1) is 0 Å². The Morgan fingerprint density at radius 3 is 2.88 bits per heavy atom. The Morgan fingerprint density at radius 1 is 1.08 bits per heavy atom. The molecule has 5 rings (SSSR count). The fourth-order valence-electron chi connectivity index (χ4n) is 3.98. The van der Waals surface area contributed by atoms with Crippen LogP contribution >= 0.6 is 0 Å². The van der Waals surface area contributed by atoms with Crippen LogP contribution in [-0.4, -0.2) is 31.2 Å². The molecule has 7 heteroatoms. The summed E-state index contributed by atoms with van der Waals surface area (Å²) in [6.07, 6.45) is 8.48. The molecule has 0 amide bonds. The maximum absolute atomic E-state index is 8.87. The highest BCUT2D eigenvalue weighted by atomic mass is 15.1. The largest absolute Gasteiger partial charge is 0.367 e. The summed E-state index contributed by atoms with van der Waals surface area (Å²) in [5.41, 5.74) is 3.62. The van der Waals surface area contributed by atoms with Crippen LogP contribution in [0.4, 0.5) is 5.82 Å². The van der Waals surface area contributed by atoms with Crippen molar-refractivity contribution in [2.45, 2.75) is 31.2 Å². The Balaban J connectivity index is 1.39. The van der Waals surface area contributed by atoms with Gasteiger partial charge < -0.3 is 10.4 Å². The number of aromatic amines is 2. The molecule has 0 bridgehead atoms.